The van der Waals surface area contributed by atoms with Gasteiger partial charge in [-0.05, 0) is 5.56 Å². The van der Waals surface area contributed by atoms with Crippen molar-refractivity contribution in [1.82, 2.24) is 10.6 Å². The van der Waals surface area contributed by atoms with Crippen molar-refractivity contribution in [1.29, 1.82) is 0 Å². The number of hydrogen-bond acceptors (Lipinski definition) is 3. The van der Waals surface area contributed by atoms with Crippen LogP contribution < -0.4 is 16.4 Å². The molecule has 0 heterocycles. The summed E-state index contributed by atoms with van der Waals surface area (Å²) in [5, 5.41) is 5.52. The number of hydrogen-bond donors (Lipinski definition) is 3. The first-order chi connectivity index (χ1) is 9.80. The molecule has 0 fully saturated rings. The zero-order valence-electron chi connectivity index (χ0n) is 13.4. The summed E-state index contributed by atoms with van der Waals surface area (Å²) in [6, 6.07) is 9.39. The lowest BCUT2D eigenvalue weighted by atomic mass is 9.96. The molecule has 0 saturated heterocycles. The Kier molecular flexibility index (Phi) is 8.75. The summed E-state index contributed by atoms with van der Waals surface area (Å²) in [6.07, 6.45) is 0.253. The van der Waals surface area contributed by atoms with Gasteiger partial charge in [0.1, 0.15) is 0 Å². The summed E-state index contributed by atoms with van der Waals surface area (Å²) in [7, 11) is 0. The lowest BCUT2D eigenvalue weighted by molar-refractivity contribution is -0.128. The fourth-order valence-electron chi connectivity index (χ4n) is 1.68. The van der Waals surface area contributed by atoms with Gasteiger partial charge in [0, 0.05) is 31.0 Å². The maximum atomic E-state index is 11.7. The van der Waals surface area contributed by atoms with E-state index >= 15 is 0 Å². The predicted octanol–water partition coefficient (Wildman–Crippen LogP) is 1.78. The highest BCUT2D eigenvalue weighted by Gasteiger charge is 2.20. The van der Waals surface area contributed by atoms with Crippen LogP contribution in [0.4, 0.5) is 0 Å². The number of amides is 2. The third-order valence-corrected chi connectivity index (χ3v) is 3.07. The van der Waals surface area contributed by atoms with Crippen LogP contribution in [0.2, 0.25) is 0 Å². The molecule has 124 valence electrons. The van der Waals surface area contributed by atoms with Crippen LogP contribution in [0, 0.1) is 5.41 Å². The van der Waals surface area contributed by atoms with Crippen LogP contribution in [0.25, 0.3) is 0 Å². The van der Waals surface area contributed by atoms with Crippen molar-refractivity contribution in [3.8, 4) is 0 Å². The number of rotatable bonds is 6. The number of nitrogens with one attached hydrogen (secondary N) is 2. The van der Waals surface area contributed by atoms with Gasteiger partial charge >= 0.3 is 0 Å². The number of nitrogens with two attached hydrogens (primary N) is 1. The first-order valence-electron chi connectivity index (χ1n) is 7.16. The first-order valence-corrected chi connectivity index (χ1v) is 7.16. The molecule has 22 heavy (non-hydrogen) atoms. The molecule has 5 nitrogen and oxygen atoms in total. The third kappa shape index (κ3) is 7.43. The zero-order chi connectivity index (χ0) is 15.9. The minimum atomic E-state index is -0.438. The zero-order valence-corrected chi connectivity index (χ0v) is 14.2. The van der Waals surface area contributed by atoms with Crippen LogP contribution in [0.3, 0.4) is 0 Å². The Hall–Kier alpha value is -1.59. The largest absolute Gasteiger partial charge is 0.355 e. The molecule has 1 aromatic carbocycles. The van der Waals surface area contributed by atoms with E-state index in [9.17, 15) is 9.59 Å². The molecular formula is C16H26ClN3O2. The summed E-state index contributed by atoms with van der Waals surface area (Å²) >= 11 is 0. The predicted molar refractivity (Wildman–Crippen MR) is 90.7 cm³/mol. The molecule has 2 amide bonds. The van der Waals surface area contributed by atoms with Gasteiger partial charge in [-0.25, -0.2) is 0 Å². The lowest BCUT2D eigenvalue weighted by Crippen LogP contribution is -2.38. The SMILES string of the molecule is CC(C)(C)C(=O)NCCC(=O)NCC(N)c1ccccc1.Cl. The molecule has 0 aliphatic heterocycles. The molecule has 0 aliphatic carbocycles. The molecular weight excluding hydrogens is 302 g/mol. The van der Waals surface area contributed by atoms with Crippen LogP contribution >= 0.6 is 12.4 Å². The fourth-order valence-corrected chi connectivity index (χ4v) is 1.68. The second kappa shape index (κ2) is 9.43. The molecule has 1 aromatic rings. The van der Waals surface area contributed by atoms with Crippen LogP contribution in [-0.2, 0) is 9.59 Å². The van der Waals surface area contributed by atoms with E-state index in [0.717, 1.165) is 5.56 Å². The summed E-state index contributed by atoms with van der Waals surface area (Å²) in [5.74, 6) is -0.174. The minimum absolute atomic E-state index is 0. The Morgan fingerprint density at radius 1 is 1.14 bits per heavy atom. The Morgan fingerprint density at radius 3 is 2.27 bits per heavy atom. The number of halogens is 1. The standard InChI is InChI=1S/C16H25N3O2.ClH/c1-16(2,3)15(21)18-10-9-14(20)19-11-13(17)12-7-5-4-6-8-12;/h4-8,13H,9-11,17H2,1-3H3,(H,18,21)(H,19,20);1H. The van der Waals surface area contributed by atoms with Gasteiger partial charge in [-0.15, -0.1) is 12.4 Å². The van der Waals surface area contributed by atoms with E-state index in [4.69, 9.17) is 5.73 Å². The molecule has 1 atom stereocenters. The summed E-state index contributed by atoms with van der Waals surface area (Å²) in [4.78, 5) is 23.3. The topological polar surface area (TPSA) is 84.2 Å². The summed E-state index contributed by atoms with van der Waals surface area (Å²) < 4.78 is 0. The highest BCUT2D eigenvalue weighted by atomic mass is 35.5. The van der Waals surface area contributed by atoms with Gasteiger partial charge in [-0.1, -0.05) is 51.1 Å². The van der Waals surface area contributed by atoms with Gasteiger partial charge in [0.15, 0.2) is 0 Å². The second-order valence-corrected chi connectivity index (χ2v) is 6.08. The first kappa shape index (κ1) is 20.4. The van der Waals surface area contributed by atoms with Crippen molar-refractivity contribution in [3.05, 3.63) is 35.9 Å². The smallest absolute Gasteiger partial charge is 0.225 e. The maximum absolute atomic E-state index is 11.7. The van der Waals surface area contributed by atoms with E-state index in [1.54, 1.807) is 0 Å². The Labute approximate surface area is 138 Å². The van der Waals surface area contributed by atoms with Crippen LogP contribution in [0.5, 0.6) is 0 Å². The Balaban J connectivity index is 0.00000441. The van der Waals surface area contributed by atoms with Gasteiger partial charge in [0.2, 0.25) is 11.8 Å². The minimum Gasteiger partial charge on any atom is -0.355 e. The second-order valence-electron chi connectivity index (χ2n) is 6.08. The highest BCUT2D eigenvalue weighted by Crippen LogP contribution is 2.12. The molecule has 0 radical (unpaired) electrons. The van der Waals surface area contributed by atoms with Crippen molar-refractivity contribution < 1.29 is 9.59 Å². The number of carbonyl (C=O) groups excluding carboxylic acids is 2. The summed E-state index contributed by atoms with van der Waals surface area (Å²) in [5.41, 5.74) is 6.54. The highest BCUT2D eigenvalue weighted by molar-refractivity contribution is 5.85. The van der Waals surface area contributed by atoms with E-state index in [0.29, 0.717) is 13.1 Å². The van der Waals surface area contributed by atoms with E-state index in [1.165, 1.54) is 0 Å². The van der Waals surface area contributed by atoms with Crippen LogP contribution in [0.1, 0.15) is 38.8 Å². The Morgan fingerprint density at radius 2 is 1.73 bits per heavy atom. The molecule has 6 heteroatoms. The van der Waals surface area contributed by atoms with E-state index < -0.39 is 5.41 Å². The molecule has 1 unspecified atom stereocenters. The van der Waals surface area contributed by atoms with Crippen molar-refractivity contribution in [2.24, 2.45) is 11.1 Å². The van der Waals surface area contributed by atoms with Gasteiger partial charge in [0.05, 0.1) is 0 Å². The number of carbonyl (C=O) groups is 2. The van der Waals surface area contributed by atoms with Crippen LogP contribution in [-0.4, -0.2) is 24.9 Å². The average molecular weight is 328 g/mol. The molecule has 4 N–H and O–H groups in total. The summed E-state index contributed by atoms with van der Waals surface area (Å²) in [6.45, 7) is 6.22. The molecule has 0 bridgehead atoms. The van der Waals surface area contributed by atoms with Gasteiger partial charge in [-0.2, -0.15) is 0 Å². The van der Waals surface area contributed by atoms with Crippen molar-refractivity contribution in [2.75, 3.05) is 13.1 Å². The van der Waals surface area contributed by atoms with Gasteiger partial charge in [0.25, 0.3) is 0 Å². The van der Waals surface area contributed by atoms with Crippen molar-refractivity contribution in [2.45, 2.75) is 33.2 Å². The van der Waals surface area contributed by atoms with Gasteiger partial charge < -0.3 is 16.4 Å². The lowest BCUT2D eigenvalue weighted by Gasteiger charge is -2.17. The monoisotopic (exact) mass is 327 g/mol. The normalized spacial score (nSPS) is 12.0. The van der Waals surface area contributed by atoms with Gasteiger partial charge in [-0.3, -0.25) is 9.59 Å². The average Bonchev–Trinajstić information content (AvgIpc) is 2.44. The van der Waals surface area contributed by atoms with E-state index in [-0.39, 0.29) is 36.7 Å². The number of benzene rings is 1. The quantitative estimate of drug-likeness (QED) is 0.744. The van der Waals surface area contributed by atoms with E-state index in [2.05, 4.69) is 10.6 Å². The van der Waals surface area contributed by atoms with Crippen molar-refractivity contribution >= 4 is 24.2 Å². The fraction of sp³-hybridized carbons (Fsp3) is 0.500. The van der Waals surface area contributed by atoms with Crippen LogP contribution in [0.15, 0.2) is 30.3 Å². The Bertz CT molecular complexity index is 472. The third-order valence-electron chi connectivity index (χ3n) is 3.07. The van der Waals surface area contributed by atoms with Crippen molar-refractivity contribution in [3.63, 3.8) is 0 Å². The molecule has 0 saturated carbocycles. The molecule has 0 spiro atoms. The van der Waals surface area contributed by atoms with E-state index in [1.807, 2.05) is 51.1 Å². The molecule has 0 aliphatic rings. The maximum Gasteiger partial charge on any atom is 0.225 e. The molecule has 0 aromatic heterocycles. The molecule has 1 rings (SSSR count).